The quantitative estimate of drug-likeness (QED) is 0.855. The Bertz CT molecular complexity index is 573. The molecule has 0 aliphatic rings. The first-order valence-electron chi connectivity index (χ1n) is 6.75. The number of rotatable bonds is 4. The number of hydrogen-bond donors (Lipinski definition) is 0. The molecule has 20 heavy (non-hydrogen) atoms. The molecule has 0 saturated carbocycles. The zero-order valence-corrected chi connectivity index (χ0v) is 12.9. The van der Waals surface area contributed by atoms with Crippen LogP contribution >= 0.6 is 0 Å². The van der Waals surface area contributed by atoms with Crippen molar-refractivity contribution in [2.45, 2.75) is 20.4 Å². The number of benzene rings is 1. The van der Waals surface area contributed by atoms with Crippen LogP contribution in [0.1, 0.15) is 17.1 Å². The molecule has 2 rings (SSSR count). The van der Waals surface area contributed by atoms with Crippen LogP contribution < -0.4 is 9.80 Å². The smallest absolute Gasteiger partial charge is 0.132 e. The molecule has 0 aliphatic carbocycles. The Balaban J connectivity index is 2.18. The van der Waals surface area contributed by atoms with Gasteiger partial charge in [0.25, 0.3) is 0 Å². The van der Waals surface area contributed by atoms with Gasteiger partial charge in [-0.2, -0.15) is 0 Å². The molecule has 4 nitrogen and oxygen atoms in total. The van der Waals surface area contributed by atoms with Gasteiger partial charge in [0.1, 0.15) is 11.6 Å². The summed E-state index contributed by atoms with van der Waals surface area (Å²) in [6.07, 6.45) is 0. The minimum atomic E-state index is 0.814. The van der Waals surface area contributed by atoms with E-state index in [1.54, 1.807) is 0 Å². The lowest BCUT2D eigenvalue weighted by atomic mass is 10.2. The second kappa shape index (κ2) is 5.90. The minimum Gasteiger partial charge on any atom is -0.378 e. The summed E-state index contributed by atoms with van der Waals surface area (Å²) in [5.74, 6) is 1.78. The molecular formula is C16H22N4. The van der Waals surface area contributed by atoms with Gasteiger partial charge in [-0.1, -0.05) is 12.1 Å². The van der Waals surface area contributed by atoms with Crippen LogP contribution in [0.3, 0.4) is 0 Å². The fourth-order valence-electron chi connectivity index (χ4n) is 2.18. The van der Waals surface area contributed by atoms with Crippen LogP contribution in [0.25, 0.3) is 0 Å². The predicted molar refractivity (Wildman–Crippen MR) is 84.4 cm³/mol. The zero-order valence-electron chi connectivity index (χ0n) is 12.9. The van der Waals surface area contributed by atoms with Crippen LogP contribution in [0.5, 0.6) is 0 Å². The minimum absolute atomic E-state index is 0.814. The molecule has 0 amide bonds. The summed E-state index contributed by atoms with van der Waals surface area (Å²) in [5.41, 5.74) is 3.49. The molecule has 0 N–H and O–H groups in total. The molecule has 0 spiro atoms. The maximum atomic E-state index is 4.49. The standard InChI is InChI=1S/C16H22N4/c1-12-9-16(18-13(2)17-12)20(5)11-14-7-6-8-15(10-14)19(3)4/h6-10H,11H2,1-5H3. The molecule has 2 aromatic rings. The predicted octanol–water partition coefficient (Wildman–Crippen LogP) is 2.80. The topological polar surface area (TPSA) is 32.3 Å². The number of nitrogens with zero attached hydrogens (tertiary/aromatic N) is 4. The van der Waals surface area contributed by atoms with Gasteiger partial charge in [0.2, 0.25) is 0 Å². The summed E-state index contributed by atoms with van der Waals surface area (Å²) < 4.78 is 0. The van der Waals surface area contributed by atoms with Gasteiger partial charge in [-0.15, -0.1) is 0 Å². The van der Waals surface area contributed by atoms with Gasteiger partial charge in [-0.3, -0.25) is 0 Å². The van der Waals surface area contributed by atoms with E-state index < -0.39 is 0 Å². The number of hydrogen-bond acceptors (Lipinski definition) is 4. The molecule has 0 unspecified atom stereocenters. The Morgan fingerprint density at radius 2 is 1.75 bits per heavy atom. The molecule has 1 aromatic carbocycles. The molecule has 0 fully saturated rings. The lowest BCUT2D eigenvalue weighted by molar-refractivity contribution is 0.871. The fraction of sp³-hybridized carbons (Fsp3) is 0.375. The van der Waals surface area contributed by atoms with E-state index in [1.165, 1.54) is 11.3 Å². The third-order valence-corrected chi connectivity index (χ3v) is 3.19. The van der Waals surface area contributed by atoms with E-state index in [9.17, 15) is 0 Å². The fourth-order valence-corrected chi connectivity index (χ4v) is 2.18. The van der Waals surface area contributed by atoms with Crippen molar-refractivity contribution in [3.63, 3.8) is 0 Å². The zero-order chi connectivity index (χ0) is 14.7. The Morgan fingerprint density at radius 1 is 1.00 bits per heavy atom. The Labute approximate surface area is 121 Å². The second-order valence-corrected chi connectivity index (χ2v) is 5.34. The molecule has 0 saturated heterocycles. The first-order chi connectivity index (χ1) is 9.45. The van der Waals surface area contributed by atoms with Crippen molar-refractivity contribution in [2.75, 3.05) is 30.9 Å². The maximum absolute atomic E-state index is 4.49. The average Bonchev–Trinajstić information content (AvgIpc) is 2.37. The molecule has 1 heterocycles. The highest BCUT2D eigenvalue weighted by molar-refractivity contribution is 5.48. The van der Waals surface area contributed by atoms with E-state index in [-0.39, 0.29) is 0 Å². The van der Waals surface area contributed by atoms with E-state index >= 15 is 0 Å². The first kappa shape index (κ1) is 14.3. The highest BCUT2D eigenvalue weighted by Gasteiger charge is 2.06. The molecule has 0 radical (unpaired) electrons. The summed E-state index contributed by atoms with van der Waals surface area (Å²) in [6, 6.07) is 10.6. The molecular weight excluding hydrogens is 248 g/mol. The highest BCUT2D eigenvalue weighted by Crippen LogP contribution is 2.17. The van der Waals surface area contributed by atoms with Crippen molar-refractivity contribution < 1.29 is 0 Å². The van der Waals surface area contributed by atoms with E-state index in [4.69, 9.17) is 0 Å². The third-order valence-electron chi connectivity index (χ3n) is 3.19. The van der Waals surface area contributed by atoms with Crippen LogP contribution in [0.4, 0.5) is 11.5 Å². The van der Waals surface area contributed by atoms with E-state index in [0.717, 1.165) is 23.9 Å². The van der Waals surface area contributed by atoms with Crippen molar-refractivity contribution in [1.82, 2.24) is 9.97 Å². The summed E-state index contributed by atoms with van der Waals surface area (Å²) in [7, 11) is 6.17. The van der Waals surface area contributed by atoms with Gasteiger partial charge in [0.15, 0.2) is 0 Å². The van der Waals surface area contributed by atoms with Crippen molar-refractivity contribution in [3.05, 3.63) is 47.4 Å². The van der Waals surface area contributed by atoms with E-state index in [2.05, 4.69) is 65.2 Å². The van der Waals surface area contributed by atoms with Gasteiger partial charge >= 0.3 is 0 Å². The largest absolute Gasteiger partial charge is 0.378 e. The SMILES string of the molecule is Cc1cc(N(C)Cc2cccc(N(C)C)c2)nc(C)n1. The average molecular weight is 270 g/mol. The van der Waals surface area contributed by atoms with Gasteiger partial charge in [-0.25, -0.2) is 9.97 Å². The number of aromatic nitrogens is 2. The molecule has 0 aliphatic heterocycles. The van der Waals surface area contributed by atoms with Gasteiger partial charge < -0.3 is 9.80 Å². The molecule has 1 aromatic heterocycles. The summed E-state index contributed by atoms with van der Waals surface area (Å²) in [6.45, 7) is 4.76. The Morgan fingerprint density at radius 3 is 2.40 bits per heavy atom. The lowest BCUT2D eigenvalue weighted by Crippen LogP contribution is -2.19. The van der Waals surface area contributed by atoms with Crippen molar-refractivity contribution in [3.8, 4) is 0 Å². The van der Waals surface area contributed by atoms with E-state index in [0.29, 0.717) is 0 Å². The summed E-state index contributed by atoms with van der Waals surface area (Å²) in [4.78, 5) is 13.1. The van der Waals surface area contributed by atoms with Crippen LogP contribution in [-0.4, -0.2) is 31.1 Å². The van der Waals surface area contributed by atoms with Gasteiger partial charge in [0.05, 0.1) is 0 Å². The number of anilines is 2. The molecule has 0 atom stereocenters. The van der Waals surface area contributed by atoms with Crippen LogP contribution in [-0.2, 0) is 6.54 Å². The highest BCUT2D eigenvalue weighted by atomic mass is 15.2. The van der Waals surface area contributed by atoms with Crippen LogP contribution in [0.2, 0.25) is 0 Å². The number of aryl methyl sites for hydroxylation is 2. The lowest BCUT2D eigenvalue weighted by Gasteiger charge is -2.20. The summed E-state index contributed by atoms with van der Waals surface area (Å²) in [5, 5.41) is 0. The van der Waals surface area contributed by atoms with Gasteiger partial charge in [-0.05, 0) is 31.5 Å². The maximum Gasteiger partial charge on any atom is 0.132 e. The first-order valence-corrected chi connectivity index (χ1v) is 6.75. The van der Waals surface area contributed by atoms with Crippen LogP contribution in [0, 0.1) is 13.8 Å². The van der Waals surface area contributed by atoms with Gasteiger partial charge in [0, 0.05) is 45.1 Å². The van der Waals surface area contributed by atoms with E-state index in [1.807, 2.05) is 19.9 Å². The monoisotopic (exact) mass is 270 g/mol. The Kier molecular flexibility index (Phi) is 4.23. The third kappa shape index (κ3) is 3.47. The molecule has 4 heteroatoms. The molecule has 0 bridgehead atoms. The van der Waals surface area contributed by atoms with Crippen molar-refractivity contribution >= 4 is 11.5 Å². The van der Waals surface area contributed by atoms with Crippen molar-refractivity contribution in [2.24, 2.45) is 0 Å². The second-order valence-electron chi connectivity index (χ2n) is 5.34. The van der Waals surface area contributed by atoms with Crippen LogP contribution in [0.15, 0.2) is 30.3 Å². The normalized spacial score (nSPS) is 10.4. The molecule has 106 valence electrons. The summed E-state index contributed by atoms with van der Waals surface area (Å²) >= 11 is 0. The van der Waals surface area contributed by atoms with Crippen molar-refractivity contribution in [1.29, 1.82) is 0 Å². The Hall–Kier alpha value is -2.10.